The van der Waals surface area contributed by atoms with E-state index in [0.29, 0.717) is 0 Å². The summed E-state index contributed by atoms with van der Waals surface area (Å²) in [7, 11) is 0.769. The highest BCUT2D eigenvalue weighted by atomic mass is 32.1. The maximum absolute atomic E-state index is 6.98. The second-order valence-electron chi connectivity index (χ2n) is 18.9. The molecule has 0 amide bonds. The van der Waals surface area contributed by atoms with Crippen LogP contribution in [0.5, 0.6) is 0 Å². The number of nitrogens with zero attached hydrogens (tertiary/aromatic N) is 1. The van der Waals surface area contributed by atoms with E-state index < -0.39 is 5.41 Å². The van der Waals surface area contributed by atoms with Crippen molar-refractivity contribution in [2.75, 3.05) is 10.2 Å². The lowest BCUT2D eigenvalue weighted by atomic mass is 9.54. The molecule has 0 saturated heterocycles. The van der Waals surface area contributed by atoms with Crippen molar-refractivity contribution in [1.82, 2.24) is 0 Å². The van der Waals surface area contributed by atoms with E-state index in [-0.39, 0.29) is 5.41 Å². The van der Waals surface area contributed by atoms with E-state index >= 15 is 0 Å². The third-order valence-electron chi connectivity index (χ3n) is 14.4. The molecule has 14 rings (SSSR count). The Balaban J connectivity index is 1.08. The van der Waals surface area contributed by atoms with E-state index in [0.717, 1.165) is 46.2 Å². The van der Waals surface area contributed by atoms with Gasteiger partial charge in [-0.3, -0.25) is 0 Å². The van der Waals surface area contributed by atoms with Gasteiger partial charge in [-0.05, 0) is 104 Å². The van der Waals surface area contributed by atoms with E-state index in [1.165, 1.54) is 92.7 Å². The number of anilines is 5. The maximum Gasteiger partial charge on any atom is 0.198 e. The molecule has 1 spiro atoms. The zero-order chi connectivity index (χ0) is 42.5. The zero-order valence-corrected chi connectivity index (χ0v) is 36.6. The summed E-state index contributed by atoms with van der Waals surface area (Å²) < 4.78 is 9.54. The van der Waals surface area contributed by atoms with Crippen LogP contribution in [0.25, 0.3) is 64.4 Å². The van der Waals surface area contributed by atoms with Crippen LogP contribution in [0.15, 0.2) is 186 Å². The molecular formula is C59H41BN2OS. The Kier molecular flexibility index (Phi) is 7.28. The first-order chi connectivity index (χ1) is 31.4. The highest BCUT2D eigenvalue weighted by Gasteiger charge is 2.53. The molecule has 3 nitrogen and oxygen atoms in total. The molecule has 64 heavy (non-hydrogen) atoms. The van der Waals surface area contributed by atoms with Gasteiger partial charge in [-0.1, -0.05) is 160 Å². The van der Waals surface area contributed by atoms with Gasteiger partial charge in [0.25, 0.3) is 0 Å². The molecule has 0 saturated carbocycles. The minimum Gasteiger partial charge on any atom is -0.456 e. The van der Waals surface area contributed by atoms with Crippen molar-refractivity contribution in [1.29, 1.82) is 0 Å². The van der Waals surface area contributed by atoms with Crippen LogP contribution in [0.1, 0.15) is 48.6 Å². The zero-order valence-electron chi connectivity index (χ0n) is 35.8. The first-order valence-corrected chi connectivity index (χ1v) is 23.2. The largest absolute Gasteiger partial charge is 0.456 e. The topological polar surface area (TPSA) is 28.4 Å². The Morgan fingerprint density at radius 1 is 0.531 bits per heavy atom. The second-order valence-corrected chi connectivity index (χ2v) is 19.9. The van der Waals surface area contributed by atoms with Crippen LogP contribution < -0.4 is 21.1 Å². The second kappa shape index (κ2) is 12.9. The third kappa shape index (κ3) is 4.77. The van der Waals surface area contributed by atoms with Crippen molar-refractivity contribution in [3.05, 3.63) is 210 Å². The Bertz CT molecular complexity index is 3750. The summed E-state index contributed by atoms with van der Waals surface area (Å²) in [4.78, 5) is 2.62. The molecule has 11 aromatic rings. The summed E-state index contributed by atoms with van der Waals surface area (Å²) in [6.07, 6.45) is 0. The van der Waals surface area contributed by atoms with Crippen LogP contribution in [0.3, 0.4) is 0 Å². The fraction of sp³-hybridized carbons (Fsp3) is 0.0847. The summed E-state index contributed by atoms with van der Waals surface area (Å²) >= 11 is 1.87. The molecule has 1 aliphatic carbocycles. The average Bonchev–Trinajstić information content (AvgIpc) is 3.98. The molecule has 0 atom stereocenters. The lowest BCUT2D eigenvalue weighted by molar-refractivity contribution is 0.590. The molecule has 4 heterocycles. The molecule has 0 unspecified atom stereocenters. The molecule has 0 bridgehead atoms. The van der Waals surface area contributed by atoms with E-state index in [1.807, 2.05) is 11.3 Å². The maximum atomic E-state index is 6.98. The Morgan fingerprint density at radius 2 is 1.20 bits per heavy atom. The lowest BCUT2D eigenvalue weighted by Crippen LogP contribution is -2.47. The van der Waals surface area contributed by atoms with Crippen LogP contribution in [0.2, 0.25) is 0 Å². The van der Waals surface area contributed by atoms with Gasteiger partial charge in [0.15, 0.2) is 7.28 Å². The normalized spacial score (nSPS) is 14.1. The van der Waals surface area contributed by atoms with Gasteiger partial charge in [-0.2, -0.15) is 0 Å². The number of nitrogens with one attached hydrogen (secondary N) is 1. The Hall–Kier alpha value is -7.34. The van der Waals surface area contributed by atoms with Gasteiger partial charge >= 0.3 is 0 Å². The number of benzene rings is 9. The van der Waals surface area contributed by atoms with Crippen molar-refractivity contribution >= 4 is 100 Å². The monoisotopic (exact) mass is 836 g/mol. The fourth-order valence-corrected chi connectivity index (χ4v) is 12.8. The standard InChI is InChI=1S/C59H41BN2OS/c1-58(2,3)34-27-29-35(30-28-34)61-48-31-41-38-17-7-13-26-52(38)64-53(41)33-40(48)42-32-51-54(39-18-6-12-25-50(39)63-51)57-55(42)60-47-23-14-22-46-56(47)62(57)49-24-11-10-21-45(49)59(46)43-19-8-4-15-36(43)37-16-5-9-20-44(37)59/h4-33,60-61H,1-3H3. The summed E-state index contributed by atoms with van der Waals surface area (Å²) in [6, 6.07) is 68.0. The third-order valence-corrected chi connectivity index (χ3v) is 15.6. The van der Waals surface area contributed by atoms with Crippen molar-refractivity contribution in [2.24, 2.45) is 0 Å². The summed E-state index contributed by atoms with van der Waals surface area (Å²) in [5.41, 5.74) is 21.4. The number of hydrogen-bond acceptors (Lipinski definition) is 4. The van der Waals surface area contributed by atoms with Crippen molar-refractivity contribution in [2.45, 2.75) is 31.6 Å². The molecule has 302 valence electrons. The first kappa shape index (κ1) is 36.2. The molecule has 2 aromatic heterocycles. The summed E-state index contributed by atoms with van der Waals surface area (Å²) in [6.45, 7) is 6.81. The van der Waals surface area contributed by atoms with E-state index in [2.05, 4.69) is 213 Å². The first-order valence-electron chi connectivity index (χ1n) is 22.4. The molecule has 0 fully saturated rings. The van der Waals surface area contributed by atoms with E-state index in [9.17, 15) is 0 Å². The quantitative estimate of drug-likeness (QED) is 0.180. The Labute approximate surface area is 376 Å². The van der Waals surface area contributed by atoms with Crippen molar-refractivity contribution < 1.29 is 4.42 Å². The van der Waals surface area contributed by atoms with Gasteiger partial charge in [0.05, 0.1) is 22.2 Å². The van der Waals surface area contributed by atoms with Crippen LogP contribution >= 0.6 is 11.3 Å². The molecule has 0 radical (unpaired) electrons. The van der Waals surface area contributed by atoms with Gasteiger partial charge in [0.1, 0.15) is 11.2 Å². The fourth-order valence-electron chi connectivity index (χ4n) is 11.7. The minimum atomic E-state index is -0.482. The lowest BCUT2D eigenvalue weighted by Gasteiger charge is -2.48. The molecule has 3 aliphatic rings. The van der Waals surface area contributed by atoms with Crippen LogP contribution in [-0.2, 0) is 10.8 Å². The number of para-hydroxylation sites is 3. The molecule has 9 aromatic carbocycles. The highest BCUT2D eigenvalue weighted by molar-refractivity contribution is 7.25. The Morgan fingerprint density at radius 3 is 1.98 bits per heavy atom. The minimum absolute atomic E-state index is 0.0622. The molecule has 2 aliphatic heterocycles. The summed E-state index contributed by atoms with van der Waals surface area (Å²) in [5.74, 6) is 0. The molecule has 1 N–H and O–H groups in total. The molecule has 5 heteroatoms. The van der Waals surface area contributed by atoms with Gasteiger partial charge in [-0.25, -0.2) is 0 Å². The van der Waals surface area contributed by atoms with Crippen LogP contribution in [0.4, 0.5) is 28.4 Å². The number of furan rings is 1. The molecular weight excluding hydrogens is 796 g/mol. The SMILES string of the molecule is CC(C)(C)c1ccc(Nc2cc3c(cc2-c2cc4oc5ccccc5c4c4c2Bc2cccc5c2N4c2ccccc2C52c4ccccc4-c4ccccc42)sc2ccccc23)cc1. The van der Waals surface area contributed by atoms with E-state index in [1.54, 1.807) is 0 Å². The van der Waals surface area contributed by atoms with Gasteiger partial charge in [-0.15, -0.1) is 11.3 Å². The van der Waals surface area contributed by atoms with Crippen molar-refractivity contribution in [3.8, 4) is 22.3 Å². The number of thiophene rings is 1. The van der Waals surface area contributed by atoms with Gasteiger partial charge in [0, 0.05) is 48.2 Å². The number of rotatable bonds is 3. The highest BCUT2D eigenvalue weighted by Crippen LogP contribution is 2.64. The van der Waals surface area contributed by atoms with Crippen molar-refractivity contribution in [3.63, 3.8) is 0 Å². The van der Waals surface area contributed by atoms with E-state index in [4.69, 9.17) is 4.42 Å². The van der Waals surface area contributed by atoms with Gasteiger partial charge in [0.2, 0.25) is 0 Å². The predicted molar refractivity (Wildman–Crippen MR) is 272 cm³/mol. The average molecular weight is 837 g/mol. The van der Waals surface area contributed by atoms with Crippen LogP contribution in [-0.4, -0.2) is 7.28 Å². The smallest absolute Gasteiger partial charge is 0.198 e. The predicted octanol–water partition coefficient (Wildman–Crippen LogP) is 14.5. The van der Waals surface area contributed by atoms with Crippen LogP contribution in [0, 0.1) is 0 Å². The number of fused-ring (bicyclic) bond motifs is 18. The number of hydrogen-bond donors (Lipinski definition) is 1. The van der Waals surface area contributed by atoms with Gasteiger partial charge < -0.3 is 14.6 Å². The summed E-state index contributed by atoms with van der Waals surface area (Å²) in [5, 5.41) is 8.80.